The molecule has 1 heterocycles. The molecule has 0 spiro atoms. The Bertz CT molecular complexity index is 952. The summed E-state index contributed by atoms with van der Waals surface area (Å²) in [6.45, 7) is 1.46. The van der Waals surface area contributed by atoms with Gasteiger partial charge in [-0.25, -0.2) is 4.68 Å². The molecule has 3 aromatic rings. The lowest BCUT2D eigenvalue weighted by molar-refractivity contribution is 0.382. The lowest BCUT2D eigenvalue weighted by Gasteiger charge is -2.23. The van der Waals surface area contributed by atoms with Crippen LogP contribution in [0.25, 0.3) is 5.69 Å². The molecule has 0 aliphatic carbocycles. The number of guanidine groups is 1. The highest BCUT2D eigenvalue weighted by molar-refractivity contribution is 5.79. The van der Waals surface area contributed by atoms with Crippen molar-refractivity contribution >= 4 is 5.96 Å². The highest BCUT2D eigenvalue weighted by atomic mass is 16.5. The van der Waals surface area contributed by atoms with Crippen molar-refractivity contribution < 1.29 is 9.47 Å². The van der Waals surface area contributed by atoms with Crippen molar-refractivity contribution in [1.82, 2.24) is 20.0 Å². The van der Waals surface area contributed by atoms with Crippen molar-refractivity contribution in [2.75, 3.05) is 34.9 Å². The summed E-state index contributed by atoms with van der Waals surface area (Å²) in [5.74, 6) is 2.41. The molecule has 3 rings (SSSR count). The van der Waals surface area contributed by atoms with Gasteiger partial charge in [0, 0.05) is 51.2 Å². The molecule has 7 heteroatoms. The fourth-order valence-corrected chi connectivity index (χ4v) is 3.25. The van der Waals surface area contributed by atoms with Gasteiger partial charge in [-0.2, -0.15) is 5.10 Å². The average molecular weight is 408 g/mol. The summed E-state index contributed by atoms with van der Waals surface area (Å²) in [7, 11) is 7.13. The molecule has 7 nitrogen and oxygen atoms in total. The van der Waals surface area contributed by atoms with Gasteiger partial charge in [-0.15, -0.1) is 0 Å². The predicted octanol–water partition coefficient (Wildman–Crippen LogP) is 3.14. The number of nitrogens with zero attached hydrogens (tertiary/aromatic N) is 4. The zero-order valence-corrected chi connectivity index (χ0v) is 18.0. The standard InChI is InChI=1S/C23H29N5O2/c1-24-23(27(2)17-19-8-11-21(29-3)16-22(19)30-4)25-14-12-18-6-9-20(10-7-18)28-15-5-13-26-28/h5-11,13,15-16H,12,14,17H2,1-4H3,(H,24,25). The quantitative estimate of drug-likeness (QED) is 0.459. The van der Waals surface area contributed by atoms with Crippen molar-refractivity contribution in [1.29, 1.82) is 0 Å². The molecule has 0 unspecified atom stereocenters. The van der Waals surface area contributed by atoms with E-state index in [2.05, 4.69) is 44.6 Å². The normalized spacial score (nSPS) is 11.3. The lowest BCUT2D eigenvalue weighted by Crippen LogP contribution is -2.39. The van der Waals surface area contributed by atoms with Crippen LogP contribution >= 0.6 is 0 Å². The molecule has 2 aromatic carbocycles. The van der Waals surface area contributed by atoms with Gasteiger partial charge in [-0.05, 0) is 42.3 Å². The number of hydrogen-bond donors (Lipinski definition) is 1. The molecule has 0 radical (unpaired) electrons. The second-order valence-electron chi connectivity index (χ2n) is 6.87. The zero-order chi connectivity index (χ0) is 21.3. The molecular formula is C23H29N5O2. The summed E-state index contributed by atoms with van der Waals surface area (Å²) < 4.78 is 12.6. The summed E-state index contributed by atoms with van der Waals surface area (Å²) in [6, 6.07) is 16.2. The Morgan fingerprint density at radius 2 is 1.93 bits per heavy atom. The van der Waals surface area contributed by atoms with Crippen LogP contribution < -0.4 is 14.8 Å². The summed E-state index contributed by atoms with van der Waals surface area (Å²) in [5.41, 5.74) is 3.38. The van der Waals surface area contributed by atoms with Gasteiger partial charge in [0.25, 0.3) is 0 Å². The minimum absolute atomic E-state index is 0.672. The summed E-state index contributed by atoms with van der Waals surface area (Å²) in [6.07, 6.45) is 4.62. The van der Waals surface area contributed by atoms with Crippen LogP contribution in [0.3, 0.4) is 0 Å². The molecule has 158 valence electrons. The third-order valence-corrected chi connectivity index (χ3v) is 4.88. The Hall–Kier alpha value is -3.48. The van der Waals surface area contributed by atoms with E-state index in [1.54, 1.807) is 27.5 Å². The number of aromatic nitrogens is 2. The number of nitrogens with one attached hydrogen (secondary N) is 1. The number of benzene rings is 2. The summed E-state index contributed by atoms with van der Waals surface area (Å²) in [5, 5.41) is 7.69. The van der Waals surface area contributed by atoms with E-state index in [1.165, 1.54) is 5.56 Å². The van der Waals surface area contributed by atoms with Crippen LogP contribution in [0.2, 0.25) is 0 Å². The van der Waals surface area contributed by atoms with E-state index >= 15 is 0 Å². The first-order valence-electron chi connectivity index (χ1n) is 9.86. The second-order valence-corrected chi connectivity index (χ2v) is 6.87. The van der Waals surface area contributed by atoms with Gasteiger partial charge in [0.15, 0.2) is 5.96 Å². The molecule has 0 atom stereocenters. The zero-order valence-electron chi connectivity index (χ0n) is 18.0. The molecule has 0 saturated carbocycles. The molecule has 0 aliphatic heterocycles. The molecule has 1 aromatic heterocycles. The van der Waals surface area contributed by atoms with Crippen LogP contribution in [0, 0.1) is 0 Å². The highest BCUT2D eigenvalue weighted by Crippen LogP contribution is 2.25. The van der Waals surface area contributed by atoms with Crippen LogP contribution in [0.15, 0.2) is 65.9 Å². The van der Waals surface area contributed by atoms with Crippen molar-refractivity contribution in [2.45, 2.75) is 13.0 Å². The van der Waals surface area contributed by atoms with Crippen molar-refractivity contribution in [3.05, 3.63) is 72.1 Å². The highest BCUT2D eigenvalue weighted by Gasteiger charge is 2.11. The molecule has 30 heavy (non-hydrogen) atoms. The van der Waals surface area contributed by atoms with E-state index in [0.29, 0.717) is 6.54 Å². The maximum atomic E-state index is 5.50. The lowest BCUT2D eigenvalue weighted by atomic mass is 10.1. The SMILES string of the molecule is CN=C(NCCc1ccc(-n2cccn2)cc1)N(C)Cc1ccc(OC)cc1OC. The van der Waals surface area contributed by atoms with Gasteiger partial charge >= 0.3 is 0 Å². The van der Waals surface area contributed by atoms with Crippen LogP contribution in [0.5, 0.6) is 11.5 Å². The molecule has 0 aliphatic rings. The Labute approximate surface area is 178 Å². The predicted molar refractivity (Wildman–Crippen MR) is 120 cm³/mol. The van der Waals surface area contributed by atoms with E-state index in [0.717, 1.165) is 41.7 Å². The number of methoxy groups -OCH3 is 2. The Kier molecular flexibility index (Phi) is 7.32. The van der Waals surface area contributed by atoms with Crippen molar-refractivity contribution in [3.63, 3.8) is 0 Å². The van der Waals surface area contributed by atoms with E-state index in [9.17, 15) is 0 Å². The molecule has 0 amide bonds. The monoisotopic (exact) mass is 407 g/mol. The first-order valence-corrected chi connectivity index (χ1v) is 9.86. The first-order chi connectivity index (χ1) is 14.6. The third kappa shape index (κ3) is 5.31. The fourth-order valence-electron chi connectivity index (χ4n) is 3.25. The molecule has 1 N–H and O–H groups in total. The van der Waals surface area contributed by atoms with Gasteiger partial charge in [-0.1, -0.05) is 12.1 Å². The van der Waals surface area contributed by atoms with Crippen LogP contribution in [0.1, 0.15) is 11.1 Å². The first kappa shape index (κ1) is 21.2. The largest absolute Gasteiger partial charge is 0.497 e. The van der Waals surface area contributed by atoms with Crippen LogP contribution in [0.4, 0.5) is 0 Å². The smallest absolute Gasteiger partial charge is 0.193 e. The van der Waals surface area contributed by atoms with Gasteiger partial charge in [0.2, 0.25) is 0 Å². The van der Waals surface area contributed by atoms with E-state index in [4.69, 9.17) is 9.47 Å². The maximum absolute atomic E-state index is 5.50. The Balaban J connectivity index is 1.54. The van der Waals surface area contributed by atoms with E-state index in [1.807, 2.05) is 42.2 Å². The Morgan fingerprint density at radius 1 is 1.13 bits per heavy atom. The van der Waals surface area contributed by atoms with Crippen LogP contribution in [-0.2, 0) is 13.0 Å². The number of ether oxygens (including phenoxy) is 2. The number of aliphatic imine (C=N–C) groups is 1. The van der Waals surface area contributed by atoms with Gasteiger partial charge < -0.3 is 19.7 Å². The molecular weight excluding hydrogens is 378 g/mol. The number of rotatable bonds is 8. The van der Waals surface area contributed by atoms with Gasteiger partial charge in [0.05, 0.1) is 19.9 Å². The fraction of sp³-hybridized carbons (Fsp3) is 0.304. The third-order valence-electron chi connectivity index (χ3n) is 4.88. The summed E-state index contributed by atoms with van der Waals surface area (Å²) >= 11 is 0. The molecule has 0 fully saturated rings. The summed E-state index contributed by atoms with van der Waals surface area (Å²) in [4.78, 5) is 6.48. The minimum Gasteiger partial charge on any atom is -0.497 e. The molecule has 0 saturated heterocycles. The van der Waals surface area contributed by atoms with Gasteiger partial charge in [-0.3, -0.25) is 4.99 Å². The van der Waals surface area contributed by atoms with E-state index < -0.39 is 0 Å². The Morgan fingerprint density at radius 3 is 2.57 bits per heavy atom. The van der Waals surface area contributed by atoms with Crippen molar-refractivity contribution in [2.24, 2.45) is 4.99 Å². The van der Waals surface area contributed by atoms with Crippen LogP contribution in [-0.4, -0.2) is 55.5 Å². The van der Waals surface area contributed by atoms with Gasteiger partial charge in [0.1, 0.15) is 11.5 Å². The molecule has 0 bridgehead atoms. The minimum atomic E-state index is 0.672. The maximum Gasteiger partial charge on any atom is 0.193 e. The van der Waals surface area contributed by atoms with E-state index in [-0.39, 0.29) is 0 Å². The van der Waals surface area contributed by atoms with Crippen molar-refractivity contribution in [3.8, 4) is 17.2 Å². The topological polar surface area (TPSA) is 63.9 Å². The number of hydrogen-bond acceptors (Lipinski definition) is 4. The average Bonchev–Trinajstić information content (AvgIpc) is 3.32. The second kappa shape index (κ2) is 10.3.